The number of nitrogens with one attached hydrogen (secondary N) is 1. The average molecular weight is 248 g/mol. The first-order chi connectivity index (χ1) is 8.50. The Hall–Kier alpha value is -2.18. The molecule has 7 nitrogen and oxygen atoms in total. The van der Waals surface area contributed by atoms with Crippen molar-refractivity contribution in [3.63, 3.8) is 0 Å². The number of hydrogen-bond donors (Lipinski definition) is 2. The molecule has 0 bridgehead atoms. The number of carbonyl (C=O) groups is 1. The second-order valence-electron chi connectivity index (χ2n) is 4.50. The third kappa shape index (κ3) is 2.11. The van der Waals surface area contributed by atoms with Gasteiger partial charge < -0.3 is 11.1 Å². The number of hydrogen-bond acceptors (Lipinski definition) is 5. The topological polar surface area (TPSA) is 98.7 Å². The summed E-state index contributed by atoms with van der Waals surface area (Å²) in [6.45, 7) is 3.84. The highest BCUT2D eigenvalue weighted by molar-refractivity contribution is 5.90. The van der Waals surface area contributed by atoms with Crippen LogP contribution in [0.2, 0.25) is 0 Å². The number of primary amides is 1. The number of amides is 1. The lowest BCUT2D eigenvalue weighted by Gasteiger charge is -2.19. The van der Waals surface area contributed by atoms with E-state index in [2.05, 4.69) is 20.4 Å². The first kappa shape index (κ1) is 12.3. The van der Waals surface area contributed by atoms with Crippen LogP contribution in [0.15, 0.2) is 12.5 Å². The SMILES string of the molecule is CC(C)C(Nc1ncnc2c1cnn2C)C(N)=O. The summed E-state index contributed by atoms with van der Waals surface area (Å²) >= 11 is 0. The van der Waals surface area contributed by atoms with Gasteiger partial charge >= 0.3 is 0 Å². The molecule has 0 fully saturated rings. The standard InChI is InChI=1S/C11H16N6O/c1-6(2)8(9(12)18)16-10-7-4-15-17(3)11(7)14-5-13-10/h4-6,8H,1-3H3,(H2,12,18)(H,13,14,16). The molecule has 0 aromatic carbocycles. The van der Waals surface area contributed by atoms with E-state index in [1.807, 2.05) is 13.8 Å². The van der Waals surface area contributed by atoms with Crippen molar-refractivity contribution >= 4 is 22.8 Å². The fourth-order valence-corrected chi connectivity index (χ4v) is 1.79. The molecule has 0 spiro atoms. The number of nitrogens with two attached hydrogens (primary N) is 1. The van der Waals surface area contributed by atoms with E-state index in [-0.39, 0.29) is 5.92 Å². The van der Waals surface area contributed by atoms with Crippen LogP contribution in [-0.4, -0.2) is 31.7 Å². The molecule has 2 rings (SSSR count). The third-order valence-corrected chi connectivity index (χ3v) is 2.79. The highest BCUT2D eigenvalue weighted by Crippen LogP contribution is 2.19. The van der Waals surface area contributed by atoms with Crippen LogP contribution < -0.4 is 11.1 Å². The zero-order chi connectivity index (χ0) is 13.3. The van der Waals surface area contributed by atoms with E-state index < -0.39 is 11.9 Å². The summed E-state index contributed by atoms with van der Waals surface area (Å²) in [4.78, 5) is 19.7. The molecule has 2 aromatic rings. The number of anilines is 1. The third-order valence-electron chi connectivity index (χ3n) is 2.79. The summed E-state index contributed by atoms with van der Waals surface area (Å²) in [5.74, 6) is 0.246. The van der Waals surface area contributed by atoms with Crippen molar-refractivity contribution < 1.29 is 4.79 Å². The zero-order valence-corrected chi connectivity index (χ0v) is 10.6. The molecule has 1 unspecified atom stereocenters. The van der Waals surface area contributed by atoms with E-state index in [0.717, 1.165) is 5.39 Å². The predicted octanol–water partition coefficient (Wildman–Crippen LogP) is 0.285. The number of nitrogens with zero attached hydrogens (tertiary/aromatic N) is 4. The molecular formula is C11H16N6O. The fraction of sp³-hybridized carbons (Fsp3) is 0.455. The van der Waals surface area contributed by atoms with Crippen molar-refractivity contribution in [2.75, 3.05) is 5.32 Å². The molecule has 2 aromatic heterocycles. The van der Waals surface area contributed by atoms with Crippen molar-refractivity contribution in [1.82, 2.24) is 19.7 Å². The van der Waals surface area contributed by atoms with Crippen LogP contribution in [0.4, 0.5) is 5.82 Å². The van der Waals surface area contributed by atoms with E-state index in [1.165, 1.54) is 6.33 Å². The summed E-state index contributed by atoms with van der Waals surface area (Å²) in [6, 6.07) is -0.469. The maximum absolute atomic E-state index is 11.4. The lowest BCUT2D eigenvalue weighted by molar-refractivity contribution is -0.119. The number of aryl methyl sites for hydroxylation is 1. The quantitative estimate of drug-likeness (QED) is 0.810. The number of carbonyl (C=O) groups excluding carboxylic acids is 1. The molecule has 2 heterocycles. The van der Waals surface area contributed by atoms with Crippen LogP contribution in [0.3, 0.4) is 0 Å². The van der Waals surface area contributed by atoms with E-state index in [4.69, 9.17) is 5.73 Å². The second-order valence-corrected chi connectivity index (χ2v) is 4.50. The van der Waals surface area contributed by atoms with E-state index in [1.54, 1.807) is 17.9 Å². The van der Waals surface area contributed by atoms with Crippen LogP contribution in [0.1, 0.15) is 13.8 Å². The van der Waals surface area contributed by atoms with Gasteiger partial charge in [-0.2, -0.15) is 5.10 Å². The minimum absolute atomic E-state index is 0.0733. The summed E-state index contributed by atoms with van der Waals surface area (Å²) in [5, 5.41) is 7.94. The molecule has 1 atom stereocenters. The maximum atomic E-state index is 11.4. The van der Waals surface area contributed by atoms with Gasteiger partial charge in [0.15, 0.2) is 5.65 Å². The Morgan fingerprint density at radius 2 is 2.17 bits per heavy atom. The molecule has 0 aliphatic carbocycles. The summed E-state index contributed by atoms with van der Waals surface area (Å²) in [5.41, 5.74) is 6.08. The maximum Gasteiger partial charge on any atom is 0.240 e. The van der Waals surface area contributed by atoms with Crippen LogP contribution >= 0.6 is 0 Å². The molecule has 0 radical (unpaired) electrons. The van der Waals surface area contributed by atoms with Crippen molar-refractivity contribution in [2.24, 2.45) is 18.7 Å². The first-order valence-corrected chi connectivity index (χ1v) is 5.69. The van der Waals surface area contributed by atoms with Crippen molar-refractivity contribution in [2.45, 2.75) is 19.9 Å². The molecule has 7 heteroatoms. The Morgan fingerprint density at radius 1 is 1.44 bits per heavy atom. The number of aromatic nitrogens is 4. The lowest BCUT2D eigenvalue weighted by Crippen LogP contribution is -2.39. The van der Waals surface area contributed by atoms with E-state index >= 15 is 0 Å². The molecule has 0 saturated carbocycles. The van der Waals surface area contributed by atoms with Crippen LogP contribution in [0.25, 0.3) is 11.0 Å². The molecule has 0 aliphatic heterocycles. The van der Waals surface area contributed by atoms with Crippen molar-refractivity contribution in [3.8, 4) is 0 Å². The van der Waals surface area contributed by atoms with Crippen LogP contribution in [0.5, 0.6) is 0 Å². The Kier molecular flexibility index (Phi) is 3.14. The Bertz CT molecular complexity index is 576. The number of rotatable bonds is 4. The lowest BCUT2D eigenvalue weighted by atomic mass is 10.0. The van der Waals surface area contributed by atoms with E-state index in [0.29, 0.717) is 11.5 Å². The molecule has 1 amide bonds. The van der Waals surface area contributed by atoms with Gasteiger partial charge in [-0.3, -0.25) is 9.48 Å². The fourth-order valence-electron chi connectivity index (χ4n) is 1.79. The second kappa shape index (κ2) is 4.59. The predicted molar refractivity (Wildman–Crippen MR) is 67.7 cm³/mol. The molecular weight excluding hydrogens is 232 g/mol. The monoisotopic (exact) mass is 248 g/mol. The van der Waals surface area contributed by atoms with Gasteiger partial charge in [0, 0.05) is 7.05 Å². The van der Waals surface area contributed by atoms with Gasteiger partial charge in [-0.25, -0.2) is 9.97 Å². The Labute approximate surface area is 104 Å². The van der Waals surface area contributed by atoms with Crippen molar-refractivity contribution in [3.05, 3.63) is 12.5 Å². The smallest absolute Gasteiger partial charge is 0.240 e. The van der Waals surface area contributed by atoms with Gasteiger partial charge in [0.2, 0.25) is 5.91 Å². The summed E-state index contributed by atoms with van der Waals surface area (Å²) in [7, 11) is 1.80. The minimum atomic E-state index is -0.469. The largest absolute Gasteiger partial charge is 0.368 e. The Balaban J connectivity index is 2.39. The van der Waals surface area contributed by atoms with Gasteiger partial charge in [-0.15, -0.1) is 0 Å². The van der Waals surface area contributed by atoms with Crippen LogP contribution in [0, 0.1) is 5.92 Å². The zero-order valence-electron chi connectivity index (χ0n) is 10.6. The summed E-state index contributed by atoms with van der Waals surface area (Å²) in [6.07, 6.45) is 3.10. The normalized spacial score (nSPS) is 12.9. The average Bonchev–Trinajstić information content (AvgIpc) is 2.68. The molecule has 18 heavy (non-hydrogen) atoms. The Morgan fingerprint density at radius 3 is 2.78 bits per heavy atom. The minimum Gasteiger partial charge on any atom is -0.368 e. The molecule has 3 N–H and O–H groups in total. The van der Waals surface area contributed by atoms with Gasteiger partial charge in [0.05, 0.1) is 11.6 Å². The first-order valence-electron chi connectivity index (χ1n) is 5.69. The molecule has 0 saturated heterocycles. The van der Waals surface area contributed by atoms with Crippen molar-refractivity contribution in [1.29, 1.82) is 0 Å². The van der Waals surface area contributed by atoms with Gasteiger partial charge in [0.25, 0.3) is 0 Å². The number of fused-ring (bicyclic) bond motifs is 1. The highest BCUT2D eigenvalue weighted by Gasteiger charge is 2.21. The summed E-state index contributed by atoms with van der Waals surface area (Å²) < 4.78 is 1.65. The van der Waals surface area contributed by atoms with Gasteiger partial charge in [-0.1, -0.05) is 13.8 Å². The van der Waals surface area contributed by atoms with Gasteiger partial charge in [-0.05, 0) is 5.92 Å². The van der Waals surface area contributed by atoms with Crippen LogP contribution in [-0.2, 0) is 11.8 Å². The molecule has 96 valence electrons. The highest BCUT2D eigenvalue weighted by atomic mass is 16.1. The molecule has 0 aliphatic rings. The van der Waals surface area contributed by atoms with E-state index in [9.17, 15) is 4.79 Å². The van der Waals surface area contributed by atoms with Gasteiger partial charge in [0.1, 0.15) is 18.2 Å².